The second kappa shape index (κ2) is 15.0. The van der Waals surface area contributed by atoms with E-state index in [1.807, 2.05) is 5.32 Å². The molecule has 32 heavy (non-hydrogen) atoms. The minimum atomic E-state index is -1.78. The smallest absolute Gasteiger partial charge is 0.326 e. The van der Waals surface area contributed by atoms with Crippen LogP contribution < -0.4 is 27.4 Å². The molecule has 0 saturated carbocycles. The standard InChI is InChI=1S/C17H29N5O9S/c1-32-5-4-9(20-14(27)8(18)2-3-12(19)24)15(28)22-11(7-23)16(29)21-10(17(30)31)6-13(25)26/h8-11,23H,2-7,18H2,1H3,(H2,19,24)(H,20,27)(H,21,29)(H,22,28)(H,25,26)(H,30,31). The van der Waals surface area contributed by atoms with Crippen LogP contribution in [-0.4, -0.2) is 93.7 Å². The number of aliphatic hydroxyl groups is 1. The van der Waals surface area contributed by atoms with Gasteiger partial charge in [0.15, 0.2) is 0 Å². The van der Waals surface area contributed by atoms with Crippen molar-refractivity contribution in [1.29, 1.82) is 0 Å². The number of carboxylic acids is 2. The fraction of sp³-hybridized carbons (Fsp3) is 0.647. The van der Waals surface area contributed by atoms with Gasteiger partial charge in [0.1, 0.15) is 18.1 Å². The number of nitrogens with one attached hydrogen (secondary N) is 3. The van der Waals surface area contributed by atoms with Crippen molar-refractivity contribution in [1.82, 2.24) is 16.0 Å². The van der Waals surface area contributed by atoms with E-state index in [0.717, 1.165) is 0 Å². The molecular formula is C17H29N5O9S. The molecule has 182 valence electrons. The van der Waals surface area contributed by atoms with Crippen molar-refractivity contribution in [3.63, 3.8) is 0 Å². The van der Waals surface area contributed by atoms with Gasteiger partial charge in [0.25, 0.3) is 0 Å². The summed E-state index contributed by atoms with van der Waals surface area (Å²) in [6, 6.07) is -5.64. The molecule has 0 aromatic rings. The zero-order valence-electron chi connectivity index (χ0n) is 17.4. The monoisotopic (exact) mass is 479 g/mol. The third-order valence-electron chi connectivity index (χ3n) is 4.09. The van der Waals surface area contributed by atoms with E-state index in [-0.39, 0.29) is 19.3 Å². The van der Waals surface area contributed by atoms with Crippen LogP contribution in [0.3, 0.4) is 0 Å². The fourth-order valence-electron chi connectivity index (χ4n) is 2.33. The van der Waals surface area contributed by atoms with E-state index in [9.17, 15) is 33.9 Å². The summed E-state index contributed by atoms with van der Waals surface area (Å²) in [6.45, 7) is -0.918. The lowest BCUT2D eigenvalue weighted by atomic mass is 10.1. The first-order chi connectivity index (χ1) is 14.9. The van der Waals surface area contributed by atoms with Crippen LogP contribution in [0.25, 0.3) is 0 Å². The Morgan fingerprint density at radius 2 is 1.41 bits per heavy atom. The van der Waals surface area contributed by atoms with E-state index in [1.165, 1.54) is 11.8 Å². The highest BCUT2D eigenvalue weighted by Gasteiger charge is 2.30. The Bertz CT molecular complexity index is 706. The molecule has 0 aliphatic rings. The minimum absolute atomic E-state index is 0.0418. The van der Waals surface area contributed by atoms with Crippen molar-refractivity contribution in [2.45, 2.75) is 49.9 Å². The molecule has 14 nitrogen and oxygen atoms in total. The van der Waals surface area contributed by atoms with E-state index in [1.54, 1.807) is 6.26 Å². The Morgan fingerprint density at radius 3 is 1.88 bits per heavy atom. The summed E-state index contributed by atoms with van der Waals surface area (Å²) >= 11 is 1.37. The zero-order valence-corrected chi connectivity index (χ0v) is 18.2. The molecule has 0 heterocycles. The largest absolute Gasteiger partial charge is 0.481 e. The van der Waals surface area contributed by atoms with Crippen LogP contribution in [-0.2, 0) is 28.8 Å². The first-order valence-corrected chi connectivity index (χ1v) is 10.8. The number of amides is 4. The molecule has 0 spiro atoms. The fourth-order valence-corrected chi connectivity index (χ4v) is 2.80. The average Bonchev–Trinajstić information content (AvgIpc) is 2.71. The number of carboxylic acid groups (broad SMARTS) is 2. The molecule has 0 aliphatic carbocycles. The Morgan fingerprint density at radius 1 is 0.875 bits per heavy atom. The summed E-state index contributed by atoms with van der Waals surface area (Å²) in [6.07, 6.45) is 0.804. The van der Waals surface area contributed by atoms with Crippen molar-refractivity contribution < 1.29 is 44.1 Å². The maximum Gasteiger partial charge on any atom is 0.326 e. The molecule has 0 aromatic heterocycles. The van der Waals surface area contributed by atoms with Gasteiger partial charge in [0.05, 0.1) is 19.1 Å². The Labute approximate surface area is 187 Å². The van der Waals surface area contributed by atoms with Gasteiger partial charge in [-0.15, -0.1) is 0 Å². The van der Waals surface area contributed by atoms with Gasteiger partial charge >= 0.3 is 11.9 Å². The van der Waals surface area contributed by atoms with Crippen molar-refractivity contribution in [3.05, 3.63) is 0 Å². The molecular weight excluding hydrogens is 450 g/mol. The maximum atomic E-state index is 12.6. The number of thioether (sulfide) groups is 1. The molecule has 15 heteroatoms. The van der Waals surface area contributed by atoms with Crippen LogP contribution in [0.2, 0.25) is 0 Å². The first-order valence-electron chi connectivity index (χ1n) is 9.42. The van der Waals surface area contributed by atoms with Crippen LogP contribution in [0.1, 0.15) is 25.7 Å². The summed E-state index contributed by atoms with van der Waals surface area (Å²) in [5.74, 6) is -6.01. The number of aliphatic carboxylic acids is 2. The summed E-state index contributed by atoms with van der Waals surface area (Å²) in [5.41, 5.74) is 10.7. The van der Waals surface area contributed by atoms with E-state index >= 15 is 0 Å². The molecule has 4 atom stereocenters. The van der Waals surface area contributed by atoms with E-state index in [0.29, 0.717) is 5.75 Å². The molecule has 4 unspecified atom stereocenters. The van der Waals surface area contributed by atoms with Crippen LogP contribution in [0.4, 0.5) is 0 Å². The SMILES string of the molecule is CSCCC(NC(=O)C(N)CCC(N)=O)C(=O)NC(CO)C(=O)NC(CC(=O)O)C(=O)O. The van der Waals surface area contributed by atoms with Gasteiger partial charge in [-0.2, -0.15) is 11.8 Å². The number of hydrogen-bond acceptors (Lipinski definition) is 9. The van der Waals surface area contributed by atoms with Gasteiger partial charge in [0, 0.05) is 6.42 Å². The summed E-state index contributed by atoms with van der Waals surface area (Å²) in [5, 5.41) is 33.7. The predicted octanol–water partition coefficient (Wildman–Crippen LogP) is -3.66. The number of primary amides is 1. The molecule has 0 saturated heterocycles. The lowest BCUT2D eigenvalue weighted by Gasteiger charge is -2.24. The topological polar surface area (TPSA) is 251 Å². The summed E-state index contributed by atoms with van der Waals surface area (Å²) in [4.78, 5) is 69.7. The van der Waals surface area contributed by atoms with Gasteiger partial charge in [-0.25, -0.2) is 4.79 Å². The second-order valence-corrected chi connectivity index (χ2v) is 7.68. The van der Waals surface area contributed by atoms with Crippen molar-refractivity contribution >= 4 is 47.3 Å². The van der Waals surface area contributed by atoms with Gasteiger partial charge in [0.2, 0.25) is 23.6 Å². The van der Waals surface area contributed by atoms with Crippen molar-refractivity contribution in [3.8, 4) is 0 Å². The van der Waals surface area contributed by atoms with Gasteiger partial charge in [-0.1, -0.05) is 0 Å². The maximum absolute atomic E-state index is 12.6. The number of carbonyl (C=O) groups is 6. The lowest BCUT2D eigenvalue weighted by molar-refractivity contribution is -0.147. The average molecular weight is 480 g/mol. The number of aliphatic hydroxyl groups excluding tert-OH is 1. The Balaban J connectivity index is 5.19. The van der Waals surface area contributed by atoms with Crippen LogP contribution in [0, 0.1) is 0 Å². The third kappa shape index (κ3) is 11.5. The Hall–Kier alpha value is -2.91. The van der Waals surface area contributed by atoms with Crippen LogP contribution >= 0.6 is 11.8 Å². The van der Waals surface area contributed by atoms with Gasteiger partial charge < -0.3 is 42.7 Å². The van der Waals surface area contributed by atoms with Crippen molar-refractivity contribution in [2.75, 3.05) is 18.6 Å². The van der Waals surface area contributed by atoms with E-state index in [4.69, 9.17) is 21.7 Å². The number of hydrogen-bond donors (Lipinski definition) is 8. The predicted molar refractivity (Wildman–Crippen MR) is 112 cm³/mol. The van der Waals surface area contributed by atoms with E-state index < -0.39 is 72.8 Å². The normalized spacial score (nSPS) is 14.3. The molecule has 0 radical (unpaired) electrons. The van der Waals surface area contributed by atoms with E-state index in [2.05, 4.69) is 10.6 Å². The third-order valence-corrected chi connectivity index (χ3v) is 4.73. The molecule has 10 N–H and O–H groups in total. The lowest BCUT2D eigenvalue weighted by Crippen LogP contribution is -2.58. The molecule has 0 bridgehead atoms. The second-order valence-electron chi connectivity index (χ2n) is 6.70. The molecule has 0 aliphatic heterocycles. The quantitative estimate of drug-likeness (QED) is 0.107. The molecule has 0 aromatic carbocycles. The molecule has 0 rings (SSSR count). The minimum Gasteiger partial charge on any atom is -0.481 e. The van der Waals surface area contributed by atoms with Gasteiger partial charge in [-0.05, 0) is 24.9 Å². The number of carbonyl (C=O) groups excluding carboxylic acids is 4. The summed E-state index contributed by atoms with van der Waals surface area (Å²) < 4.78 is 0. The van der Waals surface area contributed by atoms with Crippen LogP contribution in [0.15, 0.2) is 0 Å². The highest BCUT2D eigenvalue weighted by atomic mass is 32.2. The number of nitrogens with two attached hydrogens (primary N) is 2. The zero-order chi connectivity index (χ0) is 24.8. The Kier molecular flexibility index (Phi) is 13.6. The van der Waals surface area contributed by atoms with Crippen LogP contribution in [0.5, 0.6) is 0 Å². The van der Waals surface area contributed by atoms with Gasteiger partial charge in [-0.3, -0.25) is 24.0 Å². The number of rotatable bonds is 16. The molecule has 0 fully saturated rings. The highest BCUT2D eigenvalue weighted by molar-refractivity contribution is 7.98. The summed E-state index contributed by atoms with van der Waals surface area (Å²) in [7, 11) is 0. The highest BCUT2D eigenvalue weighted by Crippen LogP contribution is 2.04. The first kappa shape index (κ1) is 29.1. The van der Waals surface area contributed by atoms with Crippen molar-refractivity contribution in [2.24, 2.45) is 11.5 Å². The molecule has 4 amide bonds.